The summed E-state index contributed by atoms with van der Waals surface area (Å²) in [6.45, 7) is 1.87. The number of nitrogens with zero attached hydrogens (tertiary/aromatic N) is 1. The van der Waals surface area contributed by atoms with Gasteiger partial charge in [-0.05, 0) is 43.4 Å². The van der Waals surface area contributed by atoms with E-state index in [2.05, 4.69) is 5.32 Å². The van der Waals surface area contributed by atoms with Gasteiger partial charge in [0.2, 0.25) is 5.91 Å². The van der Waals surface area contributed by atoms with Crippen LogP contribution in [0.3, 0.4) is 0 Å². The average Bonchev–Trinajstić information content (AvgIpc) is 2.61. The van der Waals surface area contributed by atoms with Crippen LogP contribution in [-0.2, 0) is 22.4 Å². The van der Waals surface area contributed by atoms with Crippen LogP contribution in [0.2, 0.25) is 0 Å². The van der Waals surface area contributed by atoms with E-state index >= 15 is 0 Å². The number of nitrogens with one attached hydrogen (secondary N) is 1. The zero-order valence-electron chi connectivity index (χ0n) is 15.2. The fourth-order valence-corrected chi connectivity index (χ4v) is 3.45. The van der Waals surface area contributed by atoms with Crippen LogP contribution in [0.5, 0.6) is 0 Å². The van der Waals surface area contributed by atoms with Crippen molar-refractivity contribution >= 4 is 17.4 Å². The first-order valence-corrected chi connectivity index (χ1v) is 9.00. The van der Waals surface area contributed by atoms with Gasteiger partial charge in [0.25, 0.3) is 0 Å². The molecule has 0 saturated heterocycles. The SMILES string of the molecule is CC(=O)[C@H](Cc1ccccc1)NC(=O)CN1CCCc2cc(F)cc(F)c21. The molecule has 6 heteroatoms. The molecule has 4 nitrogen and oxygen atoms in total. The zero-order chi connectivity index (χ0) is 19.4. The third-order valence-corrected chi connectivity index (χ3v) is 4.74. The second-order valence-corrected chi connectivity index (χ2v) is 6.84. The highest BCUT2D eigenvalue weighted by molar-refractivity contribution is 5.89. The van der Waals surface area contributed by atoms with E-state index in [1.807, 2.05) is 30.3 Å². The van der Waals surface area contributed by atoms with Gasteiger partial charge in [-0.3, -0.25) is 9.59 Å². The molecule has 1 amide bonds. The number of amides is 1. The number of hydrogen-bond donors (Lipinski definition) is 1. The number of carbonyl (C=O) groups is 2. The lowest BCUT2D eigenvalue weighted by atomic mass is 10.0. The minimum atomic E-state index is -0.662. The Balaban J connectivity index is 1.69. The molecule has 0 aromatic heterocycles. The molecular weight excluding hydrogens is 350 g/mol. The smallest absolute Gasteiger partial charge is 0.240 e. The van der Waals surface area contributed by atoms with Crippen LogP contribution in [0.25, 0.3) is 0 Å². The average molecular weight is 372 g/mol. The van der Waals surface area contributed by atoms with E-state index in [9.17, 15) is 18.4 Å². The van der Waals surface area contributed by atoms with Crippen LogP contribution in [0.1, 0.15) is 24.5 Å². The van der Waals surface area contributed by atoms with Gasteiger partial charge in [-0.2, -0.15) is 0 Å². The van der Waals surface area contributed by atoms with Gasteiger partial charge in [0.15, 0.2) is 5.78 Å². The first kappa shape index (κ1) is 19.0. The first-order chi connectivity index (χ1) is 12.9. The number of carbonyl (C=O) groups excluding carboxylic acids is 2. The summed E-state index contributed by atoms with van der Waals surface area (Å²) in [5, 5.41) is 2.75. The third-order valence-electron chi connectivity index (χ3n) is 4.74. The lowest BCUT2D eigenvalue weighted by Crippen LogP contribution is -2.47. The molecule has 1 aliphatic rings. The molecule has 0 aliphatic carbocycles. The molecule has 0 spiro atoms. The largest absolute Gasteiger partial charge is 0.360 e. The maximum absolute atomic E-state index is 14.2. The lowest BCUT2D eigenvalue weighted by Gasteiger charge is -2.31. The van der Waals surface area contributed by atoms with E-state index in [1.165, 1.54) is 13.0 Å². The van der Waals surface area contributed by atoms with E-state index in [1.54, 1.807) is 4.90 Å². The summed E-state index contributed by atoms with van der Waals surface area (Å²) in [6, 6.07) is 10.9. The molecule has 27 heavy (non-hydrogen) atoms. The molecule has 1 aliphatic heterocycles. The minimum Gasteiger partial charge on any atom is -0.360 e. The first-order valence-electron chi connectivity index (χ1n) is 9.00. The zero-order valence-corrected chi connectivity index (χ0v) is 15.2. The summed E-state index contributed by atoms with van der Waals surface area (Å²) in [7, 11) is 0. The van der Waals surface area contributed by atoms with Crippen LogP contribution < -0.4 is 10.2 Å². The molecule has 0 bridgehead atoms. The molecule has 0 radical (unpaired) electrons. The molecule has 0 unspecified atom stereocenters. The molecule has 1 atom stereocenters. The number of hydrogen-bond acceptors (Lipinski definition) is 3. The molecular formula is C21H22F2N2O2. The standard InChI is InChI=1S/C21H22F2N2O2/c1-14(26)19(10-15-6-3-2-4-7-15)24-20(27)13-25-9-5-8-16-11-17(22)12-18(23)21(16)25/h2-4,6-7,11-12,19H,5,8-10,13H2,1H3,(H,24,27)/t19-/m0/s1. The molecule has 142 valence electrons. The fraction of sp³-hybridized carbons (Fsp3) is 0.333. The Hall–Kier alpha value is -2.76. The van der Waals surface area contributed by atoms with Gasteiger partial charge in [-0.15, -0.1) is 0 Å². The van der Waals surface area contributed by atoms with Crippen LogP contribution in [-0.4, -0.2) is 30.8 Å². The molecule has 3 rings (SSSR count). The number of fused-ring (bicyclic) bond motifs is 1. The number of ketones is 1. The molecule has 1 N–H and O–H groups in total. The Bertz CT molecular complexity index is 840. The van der Waals surface area contributed by atoms with Crippen molar-refractivity contribution in [3.63, 3.8) is 0 Å². The van der Waals surface area contributed by atoms with Crippen molar-refractivity contribution in [2.45, 2.75) is 32.2 Å². The highest BCUT2D eigenvalue weighted by Crippen LogP contribution is 2.30. The normalized spacial score (nSPS) is 14.4. The molecule has 0 saturated carbocycles. The van der Waals surface area contributed by atoms with E-state index in [4.69, 9.17) is 0 Å². The predicted molar refractivity (Wildman–Crippen MR) is 99.6 cm³/mol. The monoisotopic (exact) mass is 372 g/mol. The Kier molecular flexibility index (Phi) is 5.84. The summed E-state index contributed by atoms with van der Waals surface area (Å²) in [5.74, 6) is -1.77. The van der Waals surface area contributed by atoms with Gasteiger partial charge in [0, 0.05) is 12.6 Å². The number of anilines is 1. The van der Waals surface area contributed by atoms with Gasteiger partial charge >= 0.3 is 0 Å². The maximum atomic E-state index is 14.2. The summed E-state index contributed by atoms with van der Waals surface area (Å²) < 4.78 is 27.7. The van der Waals surface area contributed by atoms with Crippen molar-refractivity contribution < 1.29 is 18.4 Å². The quantitative estimate of drug-likeness (QED) is 0.848. The maximum Gasteiger partial charge on any atom is 0.240 e. The second-order valence-electron chi connectivity index (χ2n) is 6.84. The Morgan fingerprint density at radius 3 is 2.63 bits per heavy atom. The van der Waals surface area contributed by atoms with Crippen molar-refractivity contribution in [1.29, 1.82) is 0 Å². The van der Waals surface area contributed by atoms with E-state index < -0.39 is 17.7 Å². The Morgan fingerprint density at radius 1 is 1.19 bits per heavy atom. The van der Waals surface area contributed by atoms with Crippen LogP contribution in [0.4, 0.5) is 14.5 Å². The molecule has 0 fully saturated rings. The summed E-state index contributed by atoms with van der Waals surface area (Å²) >= 11 is 0. The number of benzene rings is 2. The van der Waals surface area contributed by atoms with E-state index in [0.29, 0.717) is 31.4 Å². The fourth-order valence-electron chi connectivity index (χ4n) is 3.45. The van der Waals surface area contributed by atoms with Crippen LogP contribution in [0, 0.1) is 11.6 Å². The minimum absolute atomic E-state index is 0.0753. The highest BCUT2D eigenvalue weighted by atomic mass is 19.1. The van der Waals surface area contributed by atoms with Gasteiger partial charge in [-0.25, -0.2) is 8.78 Å². The lowest BCUT2D eigenvalue weighted by molar-refractivity contribution is -0.126. The number of halogens is 2. The second kappa shape index (κ2) is 8.29. The van der Waals surface area contributed by atoms with Crippen molar-refractivity contribution in [1.82, 2.24) is 5.32 Å². The van der Waals surface area contributed by atoms with Crippen molar-refractivity contribution in [2.24, 2.45) is 0 Å². The van der Waals surface area contributed by atoms with Crippen LogP contribution >= 0.6 is 0 Å². The molecule has 2 aromatic rings. The van der Waals surface area contributed by atoms with E-state index in [-0.39, 0.29) is 23.9 Å². The van der Waals surface area contributed by atoms with Gasteiger partial charge < -0.3 is 10.2 Å². The molecule has 2 aromatic carbocycles. The molecule has 1 heterocycles. The summed E-state index contributed by atoms with van der Waals surface area (Å²) in [6.07, 6.45) is 1.69. The predicted octanol–water partition coefficient (Wildman–Crippen LogP) is 3.03. The van der Waals surface area contributed by atoms with Crippen molar-refractivity contribution in [3.8, 4) is 0 Å². The van der Waals surface area contributed by atoms with Crippen molar-refractivity contribution in [2.75, 3.05) is 18.0 Å². The Labute approximate surface area is 157 Å². The van der Waals surface area contributed by atoms with E-state index in [0.717, 1.165) is 11.6 Å². The van der Waals surface area contributed by atoms with Gasteiger partial charge in [0.1, 0.15) is 11.6 Å². The number of aryl methyl sites for hydroxylation is 1. The Morgan fingerprint density at radius 2 is 1.93 bits per heavy atom. The van der Waals surface area contributed by atoms with Gasteiger partial charge in [0.05, 0.1) is 18.3 Å². The van der Waals surface area contributed by atoms with Gasteiger partial charge in [-0.1, -0.05) is 30.3 Å². The summed E-state index contributed by atoms with van der Waals surface area (Å²) in [5.41, 5.74) is 1.79. The summed E-state index contributed by atoms with van der Waals surface area (Å²) in [4.78, 5) is 26.1. The number of Topliss-reactive ketones (excluding diaryl/α,β-unsaturated/α-hetero) is 1. The topological polar surface area (TPSA) is 49.4 Å². The number of rotatable bonds is 6. The highest BCUT2D eigenvalue weighted by Gasteiger charge is 2.25. The van der Waals surface area contributed by atoms with Crippen molar-refractivity contribution in [3.05, 3.63) is 65.2 Å². The third kappa shape index (κ3) is 4.70. The van der Waals surface area contributed by atoms with Crippen LogP contribution in [0.15, 0.2) is 42.5 Å².